The summed E-state index contributed by atoms with van der Waals surface area (Å²) < 4.78 is 0. The first-order chi connectivity index (χ1) is 11.1. The third kappa shape index (κ3) is 3.22. The number of rotatable bonds is 3. The molecule has 2 aromatic rings. The van der Waals surface area contributed by atoms with Crippen LogP contribution in [0.1, 0.15) is 24.8 Å². The zero-order chi connectivity index (χ0) is 16.4. The number of nitrogens with two attached hydrogens (primary N) is 1. The Morgan fingerprint density at radius 3 is 3.09 bits per heavy atom. The van der Waals surface area contributed by atoms with Crippen molar-refractivity contribution >= 4 is 34.1 Å². The second-order valence-electron chi connectivity index (χ2n) is 5.92. The average Bonchev–Trinajstić information content (AvgIpc) is 2.53. The summed E-state index contributed by atoms with van der Waals surface area (Å²) in [6.07, 6.45) is 3.92. The molecule has 1 unspecified atom stereocenters. The largest absolute Gasteiger partial charge is 0.370 e. The molecule has 0 aliphatic carbocycles. The van der Waals surface area contributed by atoms with Crippen molar-refractivity contribution in [2.24, 2.45) is 11.7 Å². The van der Waals surface area contributed by atoms with Gasteiger partial charge in [-0.1, -0.05) is 11.6 Å². The summed E-state index contributed by atoms with van der Waals surface area (Å²) in [7, 11) is 0. The third-order valence-electron chi connectivity index (χ3n) is 4.25. The molecule has 0 saturated carbocycles. The number of amides is 1. The van der Waals surface area contributed by atoms with E-state index in [-0.39, 0.29) is 11.8 Å². The van der Waals surface area contributed by atoms with Crippen molar-refractivity contribution < 1.29 is 4.79 Å². The summed E-state index contributed by atoms with van der Waals surface area (Å²) in [5.74, 6) is -0.0600. The van der Waals surface area contributed by atoms with Crippen LogP contribution in [0.5, 0.6) is 0 Å². The summed E-state index contributed by atoms with van der Waals surface area (Å²) in [4.78, 5) is 17.7. The Kier molecular flexibility index (Phi) is 4.35. The van der Waals surface area contributed by atoms with E-state index < -0.39 is 0 Å². The Hall–Kier alpha value is -2.32. The predicted molar refractivity (Wildman–Crippen MR) is 90.2 cm³/mol. The summed E-state index contributed by atoms with van der Waals surface area (Å²) in [5.41, 5.74) is 7.53. The number of nitriles is 1. The van der Waals surface area contributed by atoms with E-state index in [1.54, 1.807) is 12.3 Å². The average molecular weight is 329 g/mol. The molecule has 1 atom stereocenters. The quantitative estimate of drug-likeness (QED) is 0.939. The molecule has 3 rings (SSSR count). The van der Waals surface area contributed by atoms with Crippen LogP contribution in [0.15, 0.2) is 24.4 Å². The van der Waals surface area contributed by atoms with Crippen LogP contribution in [0.3, 0.4) is 0 Å². The number of benzene rings is 1. The van der Waals surface area contributed by atoms with Gasteiger partial charge < -0.3 is 10.6 Å². The van der Waals surface area contributed by atoms with E-state index in [4.69, 9.17) is 17.3 Å². The molecule has 2 heterocycles. The van der Waals surface area contributed by atoms with Crippen molar-refractivity contribution in [2.45, 2.75) is 19.3 Å². The van der Waals surface area contributed by atoms with Gasteiger partial charge in [-0.2, -0.15) is 5.26 Å². The topological polar surface area (TPSA) is 83.0 Å². The van der Waals surface area contributed by atoms with Crippen molar-refractivity contribution in [2.75, 3.05) is 18.0 Å². The Morgan fingerprint density at radius 2 is 2.35 bits per heavy atom. The van der Waals surface area contributed by atoms with Gasteiger partial charge in [0.05, 0.1) is 16.8 Å². The molecule has 1 aromatic carbocycles. The van der Waals surface area contributed by atoms with E-state index in [1.807, 2.05) is 12.1 Å². The maximum absolute atomic E-state index is 11.2. The highest BCUT2D eigenvalue weighted by molar-refractivity contribution is 6.31. The summed E-state index contributed by atoms with van der Waals surface area (Å²) >= 11 is 6.13. The number of piperidine rings is 1. The predicted octanol–water partition coefficient (Wildman–Crippen LogP) is 2.85. The second-order valence-corrected chi connectivity index (χ2v) is 6.35. The van der Waals surface area contributed by atoms with E-state index in [1.165, 1.54) is 0 Å². The number of fused-ring (bicyclic) bond motifs is 1. The number of hydrogen-bond acceptors (Lipinski definition) is 4. The monoisotopic (exact) mass is 328 g/mol. The van der Waals surface area contributed by atoms with Crippen LogP contribution in [-0.2, 0) is 4.79 Å². The first-order valence-corrected chi connectivity index (χ1v) is 7.98. The fourth-order valence-electron chi connectivity index (χ4n) is 3.29. The highest BCUT2D eigenvalue weighted by atomic mass is 35.5. The van der Waals surface area contributed by atoms with Crippen molar-refractivity contribution in [3.63, 3.8) is 0 Å². The first kappa shape index (κ1) is 15.6. The van der Waals surface area contributed by atoms with Crippen LogP contribution in [0.2, 0.25) is 5.02 Å². The molecule has 1 fully saturated rings. The van der Waals surface area contributed by atoms with Gasteiger partial charge in [-0.15, -0.1) is 0 Å². The number of hydrogen-bond donors (Lipinski definition) is 1. The maximum Gasteiger partial charge on any atom is 0.217 e. The van der Waals surface area contributed by atoms with Gasteiger partial charge in [-0.05, 0) is 37.0 Å². The minimum absolute atomic E-state index is 0.218. The molecule has 1 amide bonds. The molecule has 23 heavy (non-hydrogen) atoms. The number of aromatic nitrogens is 1. The fraction of sp³-hybridized carbons (Fsp3) is 0.353. The lowest BCUT2D eigenvalue weighted by Crippen LogP contribution is -2.37. The van der Waals surface area contributed by atoms with Gasteiger partial charge in [0.1, 0.15) is 6.07 Å². The van der Waals surface area contributed by atoms with Crippen LogP contribution in [0.25, 0.3) is 10.9 Å². The lowest BCUT2D eigenvalue weighted by atomic mass is 9.93. The maximum atomic E-state index is 11.2. The van der Waals surface area contributed by atoms with E-state index in [9.17, 15) is 10.1 Å². The van der Waals surface area contributed by atoms with E-state index >= 15 is 0 Å². The lowest BCUT2D eigenvalue weighted by Gasteiger charge is -2.35. The number of pyridine rings is 1. The molecule has 0 radical (unpaired) electrons. The number of carbonyl (C=O) groups is 1. The molecular formula is C17H17ClN4O. The van der Waals surface area contributed by atoms with Gasteiger partial charge in [0.2, 0.25) is 5.91 Å². The Morgan fingerprint density at radius 1 is 1.52 bits per heavy atom. The molecule has 1 saturated heterocycles. The smallest absolute Gasteiger partial charge is 0.217 e. The zero-order valence-electron chi connectivity index (χ0n) is 12.6. The first-order valence-electron chi connectivity index (χ1n) is 7.60. The zero-order valence-corrected chi connectivity index (χ0v) is 13.4. The van der Waals surface area contributed by atoms with Crippen LogP contribution in [0, 0.1) is 17.2 Å². The van der Waals surface area contributed by atoms with E-state index in [0.717, 1.165) is 36.0 Å². The second kappa shape index (κ2) is 6.43. The number of carbonyl (C=O) groups excluding carboxylic acids is 1. The Labute approximate surface area is 139 Å². The van der Waals surface area contributed by atoms with Gasteiger partial charge in [0, 0.05) is 36.1 Å². The van der Waals surface area contributed by atoms with Crippen LogP contribution in [0.4, 0.5) is 5.69 Å². The van der Waals surface area contributed by atoms with Gasteiger partial charge in [-0.3, -0.25) is 9.78 Å². The molecule has 1 aliphatic rings. The lowest BCUT2D eigenvalue weighted by molar-refractivity contribution is -0.118. The standard InChI is InChI=1S/C17H17ClN4O/c18-13-3-4-15-14(7-13)17(12(8-19)9-21-15)22-5-1-2-11(10-22)6-16(20)23/h3-4,7,9,11H,1-2,5-6,10H2,(H2,20,23). The van der Waals surface area contributed by atoms with Crippen molar-refractivity contribution in [1.29, 1.82) is 5.26 Å². The van der Waals surface area contributed by atoms with Crippen LogP contribution >= 0.6 is 11.6 Å². The molecule has 2 N–H and O–H groups in total. The van der Waals surface area contributed by atoms with Crippen molar-refractivity contribution in [1.82, 2.24) is 4.98 Å². The Bertz CT molecular complexity index is 799. The van der Waals surface area contributed by atoms with Gasteiger partial charge in [0.25, 0.3) is 0 Å². The summed E-state index contributed by atoms with van der Waals surface area (Å²) in [6.45, 7) is 1.55. The van der Waals surface area contributed by atoms with E-state index in [0.29, 0.717) is 23.6 Å². The summed E-state index contributed by atoms with van der Waals surface area (Å²) in [6, 6.07) is 7.71. The highest BCUT2D eigenvalue weighted by Gasteiger charge is 2.25. The third-order valence-corrected chi connectivity index (χ3v) is 4.48. The number of anilines is 1. The summed E-state index contributed by atoms with van der Waals surface area (Å²) in [5, 5.41) is 10.9. The molecule has 0 spiro atoms. The highest BCUT2D eigenvalue weighted by Crippen LogP contribution is 2.34. The van der Waals surface area contributed by atoms with Gasteiger partial charge in [-0.25, -0.2) is 0 Å². The van der Waals surface area contributed by atoms with E-state index in [2.05, 4.69) is 16.0 Å². The Balaban J connectivity index is 2.05. The fourth-order valence-corrected chi connectivity index (χ4v) is 3.46. The van der Waals surface area contributed by atoms with Gasteiger partial charge in [0.15, 0.2) is 0 Å². The number of primary amides is 1. The van der Waals surface area contributed by atoms with Gasteiger partial charge >= 0.3 is 0 Å². The molecule has 6 heteroatoms. The normalized spacial score (nSPS) is 17.9. The number of nitrogens with zero attached hydrogens (tertiary/aromatic N) is 3. The van der Waals surface area contributed by atoms with Crippen LogP contribution in [-0.4, -0.2) is 24.0 Å². The number of halogens is 1. The van der Waals surface area contributed by atoms with Crippen molar-refractivity contribution in [3.8, 4) is 6.07 Å². The minimum Gasteiger partial charge on any atom is -0.370 e. The van der Waals surface area contributed by atoms with Crippen molar-refractivity contribution in [3.05, 3.63) is 35.0 Å². The molecule has 118 valence electrons. The molecule has 1 aromatic heterocycles. The molecule has 0 bridgehead atoms. The molecule has 5 nitrogen and oxygen atoms in total. The SMILES string of the molecule is N#Cc1cnc2ccc(Cl)cc2c1N1CCCC(CC(N)=O)C1. The molecular weight excluding hydrogens is 312 g/mol. The minimum atomic E-state index is -0.278. The van der Waals surface area contributed by atoms with Crippen LogP contribution < -0.4 is 10.6 Å². The molecule has 1 aliphatic heterocycles.